The second-order valence-corrected chi connectivity index (χ2v) is 6.90. The zero-order valence-corrected chi connectivity index (χ0v) is 13.5. The highest BCUT2D eigenvalue weighted by molar-refractivity contribution is 7.89. The van der Waals surface area contributed by atoms with Crippen LogP contribution in [0.15, 0.2) is 5.03 Å². The lowest BCUT2D eigenvalue weighted by Gasteiger charge is -2.22. The van der Waals surface area contributed by atoms with E-state index in [1.165, 1.54) is 4.31 Å². The molecule has 0 saturated carbocycles. The smallest absolute Gasteiger partial charge is 0.262 e. The van der Waals surface area contributed by atoms with E-state index in [0.717, 1.165) is 6.42 Å². The Morgan fingerprint density at radius 1 is 1.25 bits per heavy atom. The molecule has 0 amide bonds. The molecule has 116 valence electrons. The van der Waals surface area contributed by atoms with E-state index in [1.54, 1.807) is 6.92 Å². The predicted molar refractivity (Wildman–Crippen MR) is 78.8 cm³/mol. The molecule has 1 aromatic heterocycles. The minimum Gasteiger partial charge on any atom is -0.326 e. The normalized spacial score (nSPS) is 12.6. The molecule has 20 heavy (non-hydrogen) atoms. The molecule has 7 nitrogen and oxygen atoms in total. The highest BCUT2D eigenvalue weighted by Crippen LogP contribution is 2.20. The molecular weight excluding hydrogens is 278 g/mol. The van der Waals surface area contributed by atoms with E-state index < -0.39 is 10.0 Å². The lowest BCUT2D eigenvalue weighted by Crippen LogP contribution is -2.37. The van der Waals surface area contributed by atoms with Crippen LogP contribution in [0.3, 0.4) is 0 Å². The molecule has 0 aliphatic rings. The van der Waals surface area contributed by atoms with Crippen molar-refractivity contribution in [2.24, 2.45) is 5.73 Å². The molecule has 0 radical (unpaired) electrons. The van der Waals surface area contributed by atoms with Crippen molar-refractivity contribution in [1.82, 2.24) is 19.4 Å². The van der Waals surface area contributed by atoms with Crippen LogP contribution in [0.4, 0.5) is 0 Å². The van der Waals surface area contributed by atoms with Crippen molar-refractivity contribution >= 4 is 10.0 Å². The summed E-state index contributed by atoms with van der Waals surface area (Å²) in [4.78, 5) is 1.96. The van der Waals surface area contributed by atoms with Crippen LogP contribution in [0.1, 0.15) is 24.6 Å². The summed E-state index contributed by atoms with van der Waals surface area (Å²) < 4.78 is 26.9. The van der Waals surface area contributed by atoms with Gasteiger partial charge in [0.1, 0.15) is 0 Å². The van der Waals surface area contributed by atoms with E-state index in [2.05, 4.69) is 10.2 Å². The van der Waals surface area contributed by atoms with Crippen LogP contribution in [-0.4, -0.2) is 61.5 Å². The third-order valence-corrected chi connectivity index (χ3v) is 4.97. The summed E-state index contributed by atoms with van der Waals surface area (Å²) in [5.74, 6) is 0. The minimum atomic E-state index is -3.60. The zero-order valence-electron chi connectivity index (χ0n) is 12.7. The van der Waals surface area contributed by atoms with Crippen molar-refractivity contribution in [3.63, 3.8) is 0 Å². The monoisotopic (exact) mass is 303 g/mol. The second-order valence-electron chi connectivity index (χ2n) is 5.04. The van der Waals surface area contributed by atoms with Gasteiger partial charge in [-0.1, -0.05) is 6.92 Å². The predicted octanol–water partition coefficient (Wildman–Crippen LogP) is 0.139. The second kappa shape index (κ2) is 7.16. The Bertz CT molecular complexity index is 524. The first-order valence-corrected chi connectivity index (χ1v) is 8.17. The molecule has 1 aromatic rings. The Balaban J connectivity index is 3.08. The number of nitrogens with one attached hydrogen (secondary N) is 1. The average Bonchev–Trinajstić information content (AvgIpc) is 2.75. The van der Waals surface area contributed by atoms with E-state index in [0.29, 0.717) is 30.9 Å². The van der Waals surface area contributed by atoms with Gasteiger partial charge in [0.2, 0.25) is 0 Å². The van der Waals surface area contributed by atoms with Crippen molar-refractivity contribution < 1.29 is 8.42 Å². The van der Waals surface area contributed by atoms with Crippen LogP contribution in [0.2, 0.25) is 0 Å². The van der Waals surface area contributed by atoms with E-state index in [4.69, 9.17) is 5.73 Å². The van der Waals surface area contributed by atoms with Crippen molar-refractivity contribution in [1.29, 1.82) is 0 Å². The van der Waals surface area contributed by atoms with Gasteiger partial charge in [-0.2, -0.15) is 9.40 Å². The lowest BCUT2D eigenvalue weighted by molar-refractivity contribution is 0.332. The molecule has 3 N–H and O–H groups in total. The summed E-state index contributed by atoms with van der Waals surface area (Å²) in [6, 6.07) is 0. The molecule has 0 saturated heterocycles. The highest BCUT2D eigenvalue weighted by atomic mass is 32.2. The fourth-order valence-electron chi connectivity index (χ4n) is 1.92. The molecule has 0 unspecified atom stereocenters. The minimum absolute atomic E-state index is 0.0599. The average molecular weight is 303 g/mol. The summed E-state index contributed by atoms with van der Waals surface area (Å²) in [5, 5.41) is 6.71. The van der Waals surface area contributed by atoms with Gasteiger partial charge in [0.05, 0.1) is 0 Å². The maximum Gasteiger partial charge on any atom is 0.262 e. The first kappa shape index (κ1) is 17.1. The van der Waals surface area contributed by atoms with Crippen molar-refractivity contribution in [3.05, 3.63) is 11.3 Å². The first-order chi connectivity index (χ1) is 9.34. The van der Waals surface area contributed by atoms with Crippen LogP contribution in [0.5, 0.6) is 0 Å². The molecule has 0 atom stereocenters. The molecule has 8 heteroatoms. The van der Waals surface area contributed by atoms with E-state index in [9.17, 15) is 8.42 Å². The fourth-order valence-corrected chi connectivity index (χ4v) is 3.62. The third kappa shape index (κ3) is 3.78. The summed E-state index contributed by atoms with van der Waals surface area (Å²) in [5.41, 5.74) is 6.91. The summed E-state index contributed by atoms with van der Waals surface area (Å²) in [6.45, 7) is 5.48. The molecule has 0 spiro atoms. The number of nitrogens with two attached hydrogens (primary N) is 1. The quantitative estimate of drug-likeness (QED) is 0.712. The maximum atomic E-state index is 12.7. The van der Waals surface area contributed by atoms with E-state index in [1.807, 2.05) is 25.9 Å². The molecule has 0 aliphatic heterocycles. The summed E-state index contributed by atoms with van der Waals surface area (Å²) in [6.07, 6.45) is 0.758. The van der Waals surface area contributed by atoms with Crippen LogP contribution >= 0.6 is 0 Å². The topological polar surface area (TPSA) is 95.3 Å². The van der Waals surface area contributed by atoms with Crippen molar-refractivity contribution in [2.45, 2.75) is 31.8 Å². The maximum absolute atomic E-state index is 12.7. The van der Waals surface area contributed by atoms with Crippen LogP contribution in [-0.2, 0) is 16.6 Å². The van der Waals surface area contributed by atoms with Gasteiger partial charge in [-0.3, -0.25) is 5.10 Å². The van der Waals surface area contributed by atoms with E-state index >= 15 is 0 Å². The number of H-pyrrole nitrogens is 1. The molecule has 0 aromatic carbocycles. The number of aromatic amines is 1. The Morgan fingerprint density at radius 3 is 2.40 bits per heavy atom. The van der Waals surface area contributed by atoms with Gasteiger partial charge in [0.15, 0.2) is 5.03 Å². The largest absolute Gasteiger partial charge is 0.326 e. The van der Waals surface area contributed by atoms with Crippen molar-refractivity contribution in [2.75, 3.05) is 33.7 Å². The Kier molecular flexibility index (Phi) is 6.12. The van der Waals surface area contributed by atoms with E-state index in [-0.39, 0.29) is 11.6 Å². The SMILES string of the molecule is CCCN(CCN(C)C)S(=O)(=O)c1n[nH]c(C)c1CN. The number of aryl methyl sites for hydroxylation is 1. The number of sulfonamides is 1. The number of hydrogen-bond donors (Lipinski definition) is 2. The molecule has 1 heterocycles. The first-order valence-electron chi connectivity index (χ1n) is 6.73. The number of aromatic nitrogens is 2. The number of likely N-dealkylation sites (N-methyl/N-ethyl adjacent to an activating group) is 1. The molecule has 0 bridgehead atoms. The number of nitrogens with zero attached hydrogens (tertiary/aromatic N) is 3. The summed E-state index contributed by atoms with van der Waals surface area (Å²) in [7, 11) is 0.238. The fraction of sp³-hybridized carbons (Fsp3) is 0.750. The van der Waals surface area contributed by atoms with Gasteiger partial charge in [0, 0.05) is 37.4 Å². The van der Waals surface area contributed by atoms with Crippen molar-refractivity contribution in [3.8, 4) is 0 Å². The van der Waals surface area contributed by atoms with Crippen LogP contribution in [0.25, 0.3) is 0 Å². The molecule has 0 aliphatic carbocycles. The number of rotatable bonds is 8. The Morgan fingerprint density at radius 2 is 1.90 bits per heavy atom. The number of hydrogen-bond acceptors (Lipinski definition) is 5. The van der Waals surface area contributed by atoms with Gasteiger partial charge in [-0.05, 0) is 27.4 Å². The highest BCUT2D eigenvalue weighted by Gasteiger charge is 2.29. The summed E-state index contributed by atoms with van der Waals surface area (Å²) >= 11 is 0. The molecule has 1 rings (SSSR count). The Labute approximate surface area is 121 Å². The van der Waals surface area contributed by atoms with Gasteiger partial charge < -0.3 is 10.6 Å². The zero-order chi connectivity index (χ0) is 15.3. The lowest BCUT2D eigenvalue weighted by atomic mass is 10.3. The molecule has 0 fully saturated rings. The van der Waals surface area contributed by atoms with Crippen LogP contribution < -0.4 is 5.73 Å². The Hall–Kier alpha value is -0.960. The third-order valence-electron chi connectivity index (χ3n) is 3.09. The van der Waals surface area contributed by atoms with Gasteiger partial charge >= 0.3 is 0 Å². The van der Waals surface area contributed by atoms with Gasteiger partial charge in [-0.25, -0.2) is 8.42 Å². The van der Waals surface area contributed by atoms with Gasteiger partial charge in [0.25, 0.3) is 10.0 Å². The molecular formula is C12H25N5O2S. The van der Waals surface area contributed by atoms with Gasteiger partial charge in [-0.15, -0.1) is 0 Å². The standard InChI is InChI=1S/C12H25N5O2S/c1-5-6-17(8-7-16(3)4)20(18,19)12-11(9-13)10(2)14-15-12/h5-9,13H2,1-4H3,(H,14,15). The van der Waals surface area contributed by atoms with Crippen LogP contribution in [0, 0.1) is 6.92 Å².